The summed E-state index contributed by atoms with van der Waals surface area (Å²) in [5, 5.41) is 4.61. The van der Waals surface area contributed by atoms with Gasteiger partial charge in [-0.1, -0.05) is 23.8 Å². The van der Waals surface area contributed by atoms with Gasteiger partial charge in [-0.3, -0.25) is 4.79 Å². The van der Waals surface area contributed by atoms with Crippen molar-refractivity contribution >= 4 is 29.0 Å². The van der Waals surface area contributed by atoms with Gasteiger partial charge in [-0.05, 0) is 42.8 Å². The lowest BCUT2D eigenvalue weighted by molar-refractivity contribution is -0.119. The molecule has 3 amide bonds. The first-order chi connectivity index (χ1) is 11.5. The first-order valence-corrected chi connectivity index (χ1v) is 8.92. The topological polar surface area (TPSA) is 75.4 Å². The Bertz CT molecular complexity index is 743. The van der Waals surface area contributed by atoms with Crippen molar-refractivity contribution in [2.24, 2.45) is 5.73 Å². The Labute approximate surface area is 145 Å². The molecule has 2 aromatic rings. The molecule has 1 aromatic heterocycles. The summed E-state index contributed by atoms with van der Waals surface area (Å²) in [6.45, 7) is 2.77. The van der Waals surface area contributed by atoms with Gasteiger partial charge >= 0.3 is 6.03 Å². The number of nitrogens with one attached hydrogen (secondary N) is 1. The van der Waals surface area contributed by atoms with Crippen LogP contribution in [0.3, 0.4) is 0 Å². The lowest BCUT2D eigenvalue weighted by atomic mass is 9.99. The van der Waals surface area contributed by atoms with Crippen molar-refractivity contribution in [1.82, 2.24) is 5.32 Å². The van der Waals surface area contributed by atoms with Crippen LogP contribution in [-0.2, 0) is 11.2 Å². The van der Waals surface area contributed by atoms with Gasteiger partial charge in [0.1, 0.15) is 0 Å². The van der Waals surface area contributed by atoms with E-state index in [2.05, 4.69) is 18.3 Å². The fraction of sp³-hybridized carbons (Fsp3) is 0.333. The summed E-state index contributed by atoms with van der Waals surface area (Å²) in [6, 6.07) is 9.01. The number of hydrogen-bond donors (Lipinski definition) is 2. The van der Waals surface area contributed by atoms with Crippen LogP contribution in [0.4, 0.5) is 10.5 Å². The van der Waals surface area contributed by atoms with Crippen LogP contribution in [0.25, 0.3) is 0 Å². The number of aryl methyl sites for hydroxylation is 2. The van der Waals surface area contributed by atoms with Crippen molar-refractivity contribution in [1.29, 1.82) is 0 Å². The Hall–Kier alpha value is -2.34. The SMILES string of the molecule is Cc1ccc2c(c1)CCCN2C(=O)CC(NC(N)=O)c1cccs1. The van der Waals surface area contributed by atoms with Crippen LogP contribution in [-0.4, -0.2) is 18.5 Å². The van der Waals surface area contributed by atoms with Crippen LogP contribution in [0.5, 0.6) is 0 Å². The van der Waals surface area contributed by atoms with Gasteiger partial charge in [-0.2, -0.15) is 0 Å². The third-order valence-corrected chi connectivity index (χ3v) is 5.22. The maximum absolute atomic E-state index is 12.9. The van der Waals surface area contributed by atoms with E-state index in [-0.39, 0.29) is 18.4 Å². The molecular weight excluding hydrogens is 322 g/mol. The number of fused-ring (bicyclic) bond motifs is 1. The molecule has 1 aliphatic heterocycles. The van der Waals surface area contributed by atoms with E-state index in [0.717, 1.165) is 23.4 Å². The molecule has 6 heteroatoms. The molecular formula is C18H21N3O2S. The molecule has 1 aliphatic rings. The van der Waals surface area contributed by atoms with Gasteiger partial charge in [-0.25, -0.2) is 4.79 Å². The molecule has 0 saturated carbocycles. The van der Waals surface area contributed by atoms with Crippen molar-refractivity contribution in [3.05, 3.63) is 51.7 Å². The average molecular weight is 343 g/mol. The Kier molecular flexibility index (Phi) is 4.85. The fourth-order valence-corrected chi connectivity index (χ4v) is 3.93. The summed E-state index contributed by atoms with van der Waals surface area (Å²) in [7, 11) is 0. The number of thiophene rings is 1. The van der Waals surface area contributed by atoms with Gasteiger partial charge in [0.15, 0.2) is 0 Å². The van der Waals surface area contributed by atoms with Gasteiger partial charge in [-0.15, -0.1) is 11.3 Å². The second-order valence-electron chi connectivity index (χ2n) is 6.06. The molecule has 1 aromatic carbocycles. The number of carbonyl (C=O) groups excluding carboxylic acids is 2. The van der Waals surface area contributed by atoms with Gasteiger partial charge in [0.05, 0.1) is 12.5 Å². The van der Waals surface area contributed by atoms with Crippen molar-refractivity contribution in [2.45, 2.75) is 32.2 Å². The number of nitrogens with two attached hydrogens (primary N) is 1. The van der Waals surface area contributed by atoms with E-state index >= 15 is 0 Å². The van der Waals surface area contributed by atoms with Crippen LogP contribution in [0, 0.1) is 6.92 Å². The summed E-state index contributed by atoms with van der Waals surface area (Å²) in [6.07, 6.45) is 2.15. The van der Waals surface area contributed by atoms with Crippen molar-refractivity contribution < 1.29 is 9.59 Å². The molecule has 3 N–H and O–H groups in total. The highest BCUT2D eigenvalue weighted by atomic mass is 32.1. The molecule has 126 valence electrons. The minimum absolute atomic E-state index is 0.00644. The van der Waals surface area contributed by atoms with Crippen LogP contribution < -0.4 is 16.0 Å². The predicted molar refractivity (Wildman–Crippen MR) is 96.2 cm³/mol. The number of carbonyl (C=O) groups is 2. The number of benzene rings is 1. The van der Waals surface area contributed by atoms with E-state index in [1.54, 1.807) is 0 Å². The zero-order valence-corrected chi connectivity index (χ0v) is 14.4. The summed E-state index contributed by atoms with van der Waals surface area (Å²) in [4.78, 5) is 26.9. The highest BCUT2D eigenvalue weighted by Crippen LogP contribution is 2.30. The number of anilines is 1. The van der Waals surface area contributed by atoms with Gasteiger partial charge in [0.25, 0.3) is 0 Å². The Morgan fingerprint density at radius 3 is 2.92 bits per heavy atom. The van der Waals surface area contributed by atoms with E-state index in [4.69, 9.17) is 5.73 Å². The summed E-state index contributed by atoms with van der Waals surface area (Å²) in [5.41, 5.74) is 8.68. The Morgan fingerprint density at radius 2 is 2.21 bits per heavy atom. The summed E-state index contributed by atoms with van der Waals surface area (Å²) < 4.78 is 0. The number of rotatable bonds is 4. The smallest absolute Gasteiger partial charge is 0.312 e. The molecule has 1 unspecified atom stereocenters. The largest absolute Gasteiger partial charge is 0.352 e. The van der Waals surface area contributed by atoms with E-state index in [0.29, 0.717) is 6.54 Å². The van der Waals surface area contributed by atoms with Crippen molar-refractivity contribution in [2.75, 3.05) is 11.4 Å². The summed E-state index contributed by atoms with van der Waals surface area (Å²) in [5.74, 6) is 0.00644. The number of primary amides is 1. The molecule has 5 nitrogen and oxygen atoms in total. The number of nitrogens with zero attached hydrogens (tertiary/aromatic N) is 1. The zero-order valence-electron chi connectivity index (χ0n) is 13.6. The lowest BCUT2D eigenvalue weighted by Crippen LogP contribution is -2.40. The highest BCUT2D eigenvalue weighted by Gasteiger charge is 2.26. The van der Waals surface area contributed by atoms with Crippen LogP contribution in [0.2, 0.25) is 0 Å². The monoisotopic (exact) mass is 343 g/mol. The fourth-order valence-electron chi connectivity index (χ4n) is 3.15. The lowest BCUT2D eigenvalue weighted by Gasteiger charge is -2.31. The minimum atomic E-state index is -0.615. The Balaban J connectivity index is 1.80. The molecule has 3 rings (SSSR count). The predicted octanol–water partition coefficient (Wildman–Crippen LogP) is 3.14. The van der Waals surface area contributed by atoms with Crippen molar-refractivity contribution in [3.63, 3.8) is 0 Å². The second-order valence-corrected chi connectivity index (χ2v) is 7.04. The van der Waals surface area contributed by atoms with Gasteiger partial charge in [0, 0.05) is 17.1 Å². The average Bonchev–Trinajstić information content (AvgIpc) is 3.07. The van der Waals surface area contributed by atoms with Crippen LogP contribution in [0.1, 0.15) is 34.9 Å². The summed E-state index contributed by atoms with van der Waals surface area (Å²) >= 11 is 1.51. The third-order valence-electron chi connectivity index (χ3n) is 4.24. The second kappa shape index (κ2) is 7.05. The number of amides is 3. The first-order valence-electron chi connectivity index (χ1n) is 8.04. The molecule has 0 aliphatic carbocycles. The number of urea groups is 1. The zero-order chi connectivity index (χ0) is 17.1. The molecule has 2 heterocycles. The van der Waals surface area contributed by atoms with E-state index in [1.807, 2.05) is 34.5 Å². The molecule has 1 atom stereocenters. The van der Waals surface area contributed by atoms with E-state index < -0.39 is 6.03 Å². The normalized spacial score (nSPS) is 14.8. The molecule has 0 fully saturated rings. The van der Waals surface area contributed by atoms with Crippen molar-refractivity contribution in [3.8, 4) is 0 Å². The maximum Gasteiger partial charge on any atom is 0.312 e. The highest BCUT2D eigenvalue weighted by molar-refractivity contribution is 7.10. The molecule has 0 bridgehead atoms. The standard InChI is InChI=1S/C18H21N3O2S/c1-12-6-7-15-13(10-12)4-2-8-21(15)17(22)11-14(20-18(19)23)16-5-3-9-24-16/h3,5-7,9-10,14H,2,4,8,11H2,1H3,(H3,19,20,23). The van der Waals surface area contributed by atoms with Crippen LogP contribution in [0.15, 0.2) is 35.7 Å². The molecule has 24 heavy (non-hydrogen) atoms. The first kappa shape index (κ1) is 16.5. The van der Waals surface area contributed by atoms with Gasteiger partial charge in [0.2, 0.25) is 5.91 Å². The molecule has 0 spiro atoms. The maximum atomic E-state index is 12.9. The quantitative estimate of drug-likeness (QED) is 0.895. The molecule has 0 saturated heterocycles. The van der Waals surface area contributed by atoms with Gasteiger partial charge < -0.3 is 16.0 Å². The van der Waals surface area contributed by atoms with Crippen LogP contribution >= 0.6 is 11.3 Å². The third kappa shape index (κ3) is 3.59. The van der Waals surface area contributed by atoms with E-state index in [1.165, 1.54) is 22.5 Å². The Morgan fingerprint density at radius 1 is 1.38 bits per heavy atom. The number of hydrogen-bond acceptors (Lipinski definition) is 3. The van der Waals surface area contributed by atoms with E-state index in [9.17, 15) is 9.59 Å². The minimum Gasteiger partial charge on any atom is -0.352 e. The molecule has 0 radical (unpaired) electrons.